The van der Waals surface area contributed by atoms with Gasteiger partial charge in [-0.2, -0.15) is 0 Å². The maximum atomic E-state index is 11.9. The highest BCUT2D eigenvalue weighted by atomic mass is 35.5. The van der Waals surface area contributed by atoms with Gasteiger partial charge in [-0.1, -0.05) is 29.3 Å². The van der Waals surface area contributed by atoms with E-state index in [0.717, 1.165) is 0 Å². The third kappa shape index (κ3) is 3.84. The molecule has 2 amide bonds. The lowest BCUT2D eigenvalue weighted by Crippen LogP contribution is -2.20. The van der Waals surface area contributed by atoms with Crippen LogP contribution in [0.15, 0.2) is 36.5 Å². The van der Waals surface area contributed by atoms with Gasteiger partial charge in [0, 0.05) is 28.2 Å². The predicted octanol–water partition coefficient (Wildman–Crippen LogP) is 3.52. The maximum absolute atomic E-state index is 11.9. The maximum Gasteiger partial charge on any atom is 0.323 e. The number of halogens is 2. The molecule has 0 saturated carbocycles. The SMILES string of the molecule is O=C(Nc1ccnc(Cl)c1)Nc1cc(Cl)ccc1CO. The summed E-state index contributed by atoms with van der Waals surface area (Å²) in [6, 6.07) is 7.50. The number of pyridine rings is 1. The molecule has 7 heteroatoms. The molecule has 0 radical (unpaired) electrons. The highest BCUT2D eigenvalue weighted by molar-refractivity contribution is 6.31. The highest BCUT2D eigenvalue weighted by Crippen LogP contribution is 2.21. The molecule has 0 atom stereocenters. The van der Waals surface area contributed by atoms with Crippen molar-refractivity contribution in [3.05, 3.63) is 52.3 Å². The number of aliphatic hydroxyl groups excluding tert-OH is 1. The molecule has 0 saturated heterocycles. The van der Waals surface area contributed by atoms with Crippen molar-refractivity contribution in [1.82, 2.24) is 4.98 Å². The van der Waals surface area contributed by atoms with Crippen LogP contribution >= 0.6 is 23.2 Å². The van der Waals surface area contributed by atoms with Crippen LogP contribution in [0.25, 0.3) is 0 Å². The van der Waals surface area contributed by atoms with Crippen molar-refractivity contribution < 1.29 is 9.90 Å². The van der Waals surface area contributed by atoms with E-state index in [-0.39, 0.29) is 11.8 Å². The van der Waals surface area contributed by atoms with E-state index < -0.39 is 6.03 Å². The Bertz CT molecular complexity index is 635. The predicted molar refractivity (Wildman–Crippen MR) is 79.3 cm³/mol. The van der Waals surface area contributed by atoms with Crippen LogP contribution in [0.2, 0.25) is 10.2 Å². The van der Waals surface area contributed by atoms with Crippen LogP contribution in [0.5, 0.6) is 0 Å². The van der Waals surface area contributed by atoms with Gasteiger partial charge in [-0.05, 0) is 24.3 Å². The van der Waals surface area contributed by atoms with Gasteiger partial charge in [-0.3, -0.25) is 0 Å². The molecule has 1 aromatic heterocycles. The van der Waals surface area contributed by atoms with Crippen molar-refractivity contribution in [3.63, 3.8) is 0 Å². The molecule has 0 fully saturated rings. The summed E-state index contributed by atoms with van der Waals surface area (Å²) >= 11 is 11.6. The molecule has 104 valence electrons. The Kier molecular flexibility index (Phi) is 4.79. The number of aromatic nitrogens is 1. The summed E-state index contributed by atoms with van der Waals surface area (Å²) in [6.45, 7) is -0.201. The molecule has 2 aromatic rings. The molecule has 0 aliphatic heterocycles. The number of urea groups is 1. The van der Waals surface area contributed by atoms with Gasteiger partial charge in [0.25, 0.3) is 0 Å². The Morgan fingerprint density at radius 2 is 2.00 bits per heavy atom. The normalized spacial score (nSPS) is 10.2. The van der Waals surface area contributed by atoms with Crippen LogP contribution < -0.4 is 10.6 Å². The highest BCUT2D eigenvalue weighted by Gasteiger charge is 2.08. The first-order valence-electron chi connectivity index (χ1n) is 5.67. The zero-order valence-electron chi connectivity index (χ0n) is 10.2. The molecule has 0 bridgehead atoms. The lowest BCUT2D eigenvalue weighted by molar-refractivity contribution is 0.262. The van der Waals surface area contributed by atoms with E-state index in [9.17, 15) is 9.90 Å². The van der Waals surface area contributed by atoms with Gasteiger partial charge in [0.2, 0.25) is 0 Å². The standard InChI is InChI=1S/C13H11Cl2N3O2/c14-9-2-1-8(7-19)11(5-9)18-13(20)17-10-3-4-16-12(15)6-10/h1-6,19H,7H2,(H2,16,17,18,20). The van der Waals surface area contributed by atoms with E-state index in [1.807, 2.05) is 0 Å². The number of benzene rings is 1. The van der Waals surface area contributed by atoms with Gasteiger partial charge in [-0.25, -0.2) is 9.78 Å². The Hall–Kier alpha value is -1.82. The quantitative estimate of drug-likeness (QED) is 0.759. The van der Waals surface area contributed by atoms with Crippen LogP contribution in [0.3, 0.4) is 0 Å². The minimum absolute atomic E-state index is 0.201. The van der Waals surface area contributed by atoms with Crippen LogP contribution in [0.1, 0.15) is 5.56 Å². The minimum atomic E-state index is -0.468. The summed E-state index contributed by atoms with van der Waals surface area (Å²) in [5.41, 5.74) is 1.52. The van der Waals surface area contributed by atoms with Gasteiger partial charge >= 0.3 is 6.03 Å². The fourth-order valence-corrected chi connectivity index (χ4v) is 1.91. The van der Waals surface area contributed by atoms with Crippen LogP contribution in [0, 0.1) is 0 Å². The molecule has 5 nitrogen and oxygen atoms in total. The summed E-state index contributed by atoms with van der Waals surface area (Å²) in [6.07, 6.45) is 1.48. The Morgan fingerprint density at radius 3 is 2.70 bits per heavy atom. The molecule has 0 aliphatic rings. The average molecular weight is 312 g/mol. The molecule has 0 spiro atoms. The summed E-state index contributed by atoms with van der Waals surface area (Å²) in [7, 11) is 0. The summed E-state index contributed by atoms with van der Waals surface area (Å²) in [4.78, 5) is 15.7. The fourth-order valence-electron chi connectivity index (χ4n) is 1.57. The average Bonchev–Trinajstić information content (AvgIpc) is 2.38. The van der Waals surface area contributed by atoms with Gasteiger partial charge in [0.1, 0.15) is 5.15 Å². The van der Waals surface area contributed by atoms with E-state index in [4.69, 9.17) is 23.2 Å². The van der Waals surface area contributed by atoms with E-state index in [1.165, 1.54) is 12.3 Å². The second-order valence-electron chi connectivity index (χ2n) is 3.91. The Labute approximate surface area is 125 Å². The largest absolute Gasteiger partial charge is 0.392 e. The first-order valence-corrected chi connectivity index (χ1v) is 6.43. The third-order valence-corrected chi connectivity index (χ3v) is 2.92. The third-order valence-electron chi connectivity index (χ3n) is 2.47. The summed E-state index contributed by atoms with van der Waals surface area (Å²) < 4.78 is 0. The van der Waals surface area contributed by atoms with E-state index in [2.05, 4.69) is 15.6 Å². The van der Waals surface area contributed by atoms with Crippen molar-refractivity contribution in [3.8, 4) is 0 Å². The van der Waals surface area contributed by atoms with Crippen molar-refractivity contribution in [2.75, 3.05) is 10.6 Å². The number of hydrogen-bond acceptors (Lipinski definition) is 3. The number of carbonyl (C=O) groups is 1. The molecular formula is C13H11Cl2N3O2. The summed E-state index contributed by atoms with van der Waals surface area (Å²) in [5.74, 6) is 0. The number of rotatable bonds is 3. The molecule has 20 heavy (non-hydrogen) atoms. The fraction of sp³-hybridized carbons (Fsp3) is 0.0769. The molecular weight excluding hydrogens is 301 g/mol. The monoisotopic (exact) mass is 311 g/mol. The van der Waals surface area contributed by atoms with Crippen molar-refractivity contribution in [2.45, 2.75) is 6.61 Å². The van der Waals surface area contributed by atoms with E-state index in [1.54, 1.807) is 24.3 Å². The first kappa shape index (κ1) is 14.6. The molecule has 0 unspecified atom stereocenters. The zero-order chi connectivity index (χ0) is 14.5. The van der Waals surface area contributed by atoms with Gasteiger partial charge in [0.05, 0.1) is 6.61 Å². The van der Waals surface area contributed by atoms with Crippen molar-refractivity contribution in [1.29, 1.82) is 0 Å². The van der Waals surface area contributed by atoms with Gasteiger partial charge in [0.15, 0.2) is 0 Å². The number of nitrogens with zero attached hydrogens (tertiary/aromatic N) is 1. The van der Waals surface area contributed by atoms with Crippen molar-refractivity contribution in [2.24, 2.45) is 0 Å². The summed E-state index contributed by atoms with van der Waals surface area (Å²) in [5, 5.41) is 15.2. The minimum Gasteiger partial charge on any atom is -0.392 e. The topological polar surface area (TPSA) is 74.2 Å². The lowest BCUT2D eigenvalue weighted by atomic mass is 10.2. The number of hydrogen-bond donors (Lipinski definition) is 3. The smallest absolute Gasteiger partial charge is 0.323 e. The van der Waals surface area contributed by atoms with Crippen LogP contribution in [-0.4, -0.2) is 16.1 Å². The molecule has 2 rings (SSSR count). The van der Waals surface area contributed by atoms with Crippen LogP contribution in [-0.2, 0) is 6.61 Å². The van der Waals surface area contributed by atoms with E-state index >= 15 is 0 Å². The second-order valence-corrected chi connectivity index (χ2v) is 4.73. The van der Waals surface area contributed by atoms with E-state index in [0.29, 0.717) is 22.0 Å². The Balaban J connectivity index is 2.10. The lowest BCUT2D eigenvalue weighted by Gasteiger charge is -2.11. The Morgan fingerprint density at radius 1 is 1.20 bits per heavy atom. The number of carbonyl (C=O) groups excluding carboxylic acids is 1. The second kappa shape index (κ2) is 6.56. The number of amides is 2. The van der Waals surface area contributed by atoms with Crippen LogP contribution in [0.4, 0.5) is 16.2 Å². The molecule has 1 heterocycles. The molecule has 0 aliphatic carbocycles. The molecule has 1 aromatic carbocycles. The van der Waals surface area contributed by atoms with Crippen molar-refractivity contribution >= 4 is 40.6 Å². The number of nitrogens with one attached hydrogen (secondary N) is 2. The number of anilines is 2. The van der Waals surface area contributed by atoms with Gasteiger partial charge in [-0.15, -0.1) is 0 Å². The van der Waals surface area contributed by atoms with Gasteiger partial charge < -0.3 is 15.7 Å². The number of aliphatic hydroxyl groups is 1. The first-order chi connectivity index (χ1) is 9.58. The zero-order valence-corrected chi connectivity index (χ0v) is 11.7. The molecule has 3 N–H and O–H groups in total.